The highest BCUT2D eigenvalue weighted by atomic mass is 16.6. The van der Waals surface area contributed by atoms with Crippen LogP contribution in [0.2, 0.25) is 0 Å². The Labute approximate surface area is 108 Å². The summed E-state index contributed by atoms with van der Waals surface area (Å²) in [4.78, 5) is 25.0. The average molecular weight is 261 g/mol. The maximum absolute atomic E-state index is 10.9. The van der Waals surface area contributed by atoms with Gasteiger partial charge in [0.1, 0.15) is 0 Å². The highest BCUT2D eigenvalue weighted by molar-refractivity contribution is 5.69. The molecule has 7 heteroatoms. The summed E-state index contributed by atoms with van der Waals surface area (Å²) in [5, 5.41) is 10.9. The Balaban J connectivity index is 2.34. The van der Waals surface area contributed by atoms with Gasteiger partial charge in [0.25, 0.3) is 0 Å². The smallest absolute Gasteiger partial charge is 0.311 e. The van der Waals surface area contributed by atoms with E-state index in [9.17, 15) is 14.9 Å². The molecular weight excluding hydrogens is 250 g/mol. The Morgan fingerprint density at radius 3 is 2.95 bits per heavy atom. The van der Waals surface area contributed by atoms with Crippen molar-refractivity contribution in [3.8, 4) is 5.75 Å². The maximum atomic E-state index is 10.9. The van der Waals surface area contributed by atoms with E-state index in [1.165, 1.54) is 25.4 Å². The Hall–Kier alpha value is -2.70. The molecule has 0 saturated carbocycles. The van der Waals surface area contributed by atoms with Gasteiger partial charge in [0.15, 0.2) is 17.9 Å². The Morgan fingerprint density at radius 2 is 2.32 bits per heavy atom. The van der Waals surface area contributed by atoms with Crippen molar-refractivity contribution < 1.29 is 14.5 Å². The molecule has 0 radical (unpaired) electrons. The van der Waals surface area contributed by atoms with E-state index in [4.69, 9.17) is 4.74 Å². The quantitative estimate of drug-likeness (QED) is 0.464. The average Bonchev–Trinajstić information content (AvgIpc) is 2.85. The summed E-state index contributed by atoms with van der Waals surface area (Å²) in [5.41, 5.74) is 0.585. The number of imidazole rings is 1. The molecule has 0 fully saturated rings. The van der Waals surface area contributed by atoms with Crippen LogP contribution in [-0.4, -0.2) is 27.9 Å². The molecule has 7 nitrogen and oxygen atoms in total. The summed E-state index contributed by atoms with van der Waals surface area (Å²) in [7, 11) is 1.38. The topological polar surface area (TPSA) is 87.3 Å². The first-order valence-corrected chi connectivity index (χ1v) is 5.43. The van der Waals surface area contributed by atoms with E-state index in [0.29, 0.717) is 18.4 Å². The minimum Gasteiger partial charge on any atom is -0.490 e. The highest BCUT2D eigenvalue weighted by Crippen LogP contribution is 2.27. The van der Waals surface area contributed by atoms with E-state index in [-0.39, 0.29) is 17.3 Å². The standard InChI is InChI=1S/C12H11N3O4/c1-19-11-3-2-9(6-10(11)15(17)18)7-14-5-4-13-12(14)8-16/h2-6,8H,7H2,1H3. The summed E-state index contributed by atoms with van der Waals surface area (Å²) in [5.74, 6) is 0.480. The predicted octanol–water partition coefficient (Wildman–Crippen LogP) is 1.66. The molecule has 98 valence electrons. The van der Waals surface area contributed by atoms with E-state index in [2.05, 4.69) is 4.98 Å². The highest BCUT2D eigenvalue weighted by Gasteiger charge is 2.15. The normalized spacial score (nSPS) is 10.2. The number of aldehydes is 1. The van der Waals surface area contributed by atoms with Gasteiger partial charge in [0, 0.05) is 25.0 Å². The van der Waals surface area contributed by atoms with Gasteiger partial charge in [-0.3, -0.25) is 14.9 Å². The van der Waals surface area contributed by atoms with Gasteiger partial charge in [-0.25, -0.2) is 4.98 Å². The fourth-order valence-corrected chi connectivity index (χ4v) is 1.75. The lowest BCUT2D eigenvalue weighted by Gasteiger charge is -2.06. The first kappa shape index (κ1) is 12.7. The molecular formula is C12H11N3O4. The lowest BCUT2D eigenvalue weighted by molar-refractivity contribution is -0.385. The number of carbonyl (C=O) groups is 1. The zero-order valence-corrected chi connectivity index (χ0v) is 10.1. The summed E-state index contributed by atoms with van der Waals surface area (Å²) in [6.45, 7) is 0.332. The van der Waals surface area contributed by atoms with Gasteiger partial charge >= 0.3 is 5.69 Å². The minimum atomic E-state index is -0.503. The number of carbonyl (C=O) groups excluding carboxylic acids is 1. The lowest BCUT2D eigenvalue weighted by atomic mass is 10.2. The second kappa shape index (κ2) is 5.30. The van der Waals surface area contributed by atoms with Gasteiger partial charge in [-0.15, -0.1) is 0 Å². The predicted molar refractivity (Wildman–Crippen MR) is 66.4 cm³/mol. The summed E-state index contributed by atoms with van der Waals surface area (Å²) < 4.78 is 6.53. The van der Waals surface area contributed by atoms with Crippen LogP contribution in [0, 0.1) is 10.1 Å². The number of hydrogen-bond donors (Lipinski definition) is 0. The van der Waals surface area contributed by atoms with Crippen LogP contribution in [0.3, 0.4) is 0 Å². The SMILES string of the molecule is COc1ccc(Cn2ccnc2C=O)cc1[N+](=O)[O-]. The zero-order chi connectivity index (χ0) is 13.8. The van der Waals surface area contributed by atoms with Crippen LogP contribution in [0.5, 0.6) is 5.75 Å². The largest absolute Gasteiger partial charge is 0.490 e. The van der Waals surface area contributed by atoms with Crippen LogP contribution in [0.25, 0.3) is 0 Å². The molecule has 1 heterocycles. The van der Waals surface area contributed by atoms with Crippen LogP contribution < -0.4 is 4.74 Å². The third-order valence-electron chi connectivity index (χ3n) is 2.65. The maximum Gasteiger partial charge on any atom is 0.311 e. The number of rotatable bonds is 5. The molecule has 1 aromatic heterocycles. The van der Waals surface area contributed by atoms with Crippen LogP contribution in [-0.2, 0) is 6.54 Å². The van der Waals surface area contributed by atoms with Crippen molar-refractivity contribution in [2.75, 3.05) is 7.11 Å². The number of nitrogens with zero attached hydrogens (tertiary/aromatic N) is 3. The minimum absolute atomic E-state index is 0.104. The van der Waals surface area contributed by atoms with E-state index in [0.717, 1.165) is 0 Å². The lowest BCUT2D eigenvalue weighted by Crippen LogP contribution is -2.04. The molecule has 2 rings (SSSR count). The van der Waals surface area contributed by atoms with Crippen molar-refractivity contribution in [3.05, 3.63) is 52.1 Å². The second-order valence-corrected chi connectivity index (χ2v) is 3.79. The Bertz CT molecular complexity index is 621. The van der Waals surface area contributed by atoms with E-state index in [1.54, 1.807) is 16.8 Å². The molecule has 0 amide bonds. The first-order valence-electron chi connectivity index (χ1n) is 5.43. The monoisotopic (exact) mass is 261 g/mol. The number of ether oxygens (including phenoxy) is 1. The molecule has 19 heavy (non-hydrogen) atoms. The van der Waals surface area contributed by atoms with Crippen LogP contribution >= 0.6 is 0 Å². The number of methoxy groups -OCH3 is 1. The number of hydrogen-bond acceptors (Lipinski definition) is 5. The van der Waals surface area contributed by atoms with Crippen molar-refractivity contribution in [2.24, 2.45) is 0 Å². The number of benzene rings is 1. The van der Waals surface area contributed by atoms with Crippen LogP contribution in [0.1, 0.15) is 16.2 Å². The van der Waals surface area contributed by atoms with E-state index in [1.807, 2.05) is 0 Å². The van der Waals surface area contributed by atoms with Gasteiger partial charge in [0.2, 0.25) is 0 Å². The van der Waals surface area contributed by atoms with Gasteiger partial charge in [0.05, 0.1) is 12.0 Å². The van der Waals surface area contributed by atoms with Crippen molar-refractivity contribution in [1.29, 1.82) is 0 Å². The van der Waals surface area contributed by atoms with Crippen molar-refractivity contribution in [1.82, 2.24) is 9.55 Å². The molecule has 0 aliphatic heterocycles. The Kier molecular flexibility index (Phi) is 3.56. The fourth-order valence-electron chi connectivity index (χ4n) is 1.75. The summed E-state index contributed by atoms with van der Waals surface area (Å²) in [6, 6.07) is 4.67. The molecule has 1 aromatic carbocycles. The van der Waals surface area contributed by atoms with Crippen molar-refractivity contribution >= 4 is 12.0 Å². The number of nitro groups is 1. The first-order chi connectivity index (χ1) is 9.15. The molecule has 2 aromatic rings. The zero-order valence-electron chi connectivity index (χ0n) is 10.1. The third-order valence-corrected chi connectivity index (χ3v) is 2.65. The number of aromatic nitrogens is 2. The molecule has 0 spiro atoms. The fraction of sp³-hybridized carbons (Fsp3) is 0.167. The van der Waals surface area contributed by atoms with Gasteiger partial charge in [-0.2, -0.15) is 0 Å². The van der Waals surface area contributed by atoms with Crippen molar-refractivity contribution in [2.45, 2.75) is 6.54 Å². The molecule has 0 N–H and O–H groups in total. The summed E-state index contributed by atoms with van der Waals surface area (Å²) >= 11 is 0. The molecule has 0 unspecified atom stereocenters. The third kappa shape index (κ3) is 2.59. The van der Waals surface area contributed by atoms with Gasteiger partial charge in [-0.1, -0.05) is 6.07 Å². The van der Waals surface area contributed by atoms with E-state index < -0.39 is 4.92 Å². The summed E-state index contributed by atoms with van der Waals surface area (Å²) in [6.07, 6.45) is 3.78. The number of nitro benzene ring substituents is 1. The molecule has 0 aliphatic rings. The van der Waals surface area contributed by atoms with Crippen molar-refractivity contribution in [3.63, 3.8) is 0 Å². The molecule has 0 bridgehead atoms. The van der Waals surface area contributed by atoms with E-state index >= 15 is 0 Å². The molecule has 0 saturated heterocycles. The molecule has 0 atom stereocenters. The Morgan fingerprint density at radius 1 is 1.53 bits per heavy atom. The van der Waals surface area contributed by atoms with Crippen LogP contribution in [0.4, 0.5) is 5.69 Å². The van der Waals surface area contributed by atoms with Gasteiger partial charge < -0.3 is 9.30 Å². The molecule has 0 aliphatic carbocycles. The van der Waals surface area contributed by atoms with Gasteiger partial charge in [-0.05, 0) is 11.6 Å². The van der Waals surface area contributed by atoms with Crippen LogP contribution in [0.15, 0.2) is 30.6 Å². The second-order valence-electron chi connectivity index (χ2n) is 3.79.